The van der Waals surface area contributed by atoms with Crippen LogP contribution in [0, 0.1) is 5.82 Å². The molecule has 0 unspecified atom stereocenters. The maximum atomic E-state index is 13.2. The summed E-state index contributed by atoms with van der Waals surface area (Å²) in [6.07, 6.45) is -0.332. The Bertz CT molecular complexity index is 447. The van der Waals surface area contributed by atoms with Gasteiger partial charge in [-0.1, -0.05) is 19.1 Å². The molecule has 0 bridgehead atoms. The Kier molecular flexibility index (Phi) is 4.40. The van der Waals surface area contributed by atoms with Crippen molar-refractivity contribution in [2.45, 2.75) is 24.3 Å². The molecule has 0 saturated carbocycles. The SMILES string of the molecule is CC[C@@H](O)CNS(=O)(=O)c1ccccc1F. The van der Waals surface area contributed by atoms with E-state index in [0.717, 1.165) is 6.07 Å². The van der Waals surface area contributed by atoms with Crippen LogP contribution in [0.1, 0.15) is 13.3 Å². The zero-order valence-corrected chi connectivity index (χ0v) is 9.67. The number of aliphatic hydroxyl groups is 1. The van der Waals surface area contributed by atoms with Crippen LogP contribution >= 0.6 is 0 Å². The second-order valence-electron chi connectivity index (χ2n) is 3.34. The molecule has 0 spiro atoms. The van der Waals surface area contributed by atoms with Crippen LogP contribution in [0.15, 0.2) is 29.2 Å². The van der Waals surface area contributed by atoms with Gasteiger partial charge < -0.3 is 5.11 Å². The Morgan fingerprint density at radius 1 is 1.44 bits per heavy atom. The summed E-state index contributed by atoms with van der Waals surface area (Å²) in [6.45, 7) is 1.61. The molecule has 0 aliphatic heterocycles. The lowest BCUT2D eigenvalue weighted by molar-refractivity contribution is 0.174. The lowest BCUT2D eigenvalue weighted by Gasteiger charge is -2.10. The summed E-state index contributed by atoms with van der Waals surface area (Å²) in [5.41, 5.74) is 0. The van der Waals surface area contributed by atoms with Gasteiger partial charge in [-0.15, -0.1) is 0 Å². The smallest absolute Gasteiger partial charge is 0.243 e. The fourth-order valence-corrected chi connectivity index (χ4v) is 2.24. The number of hydrogen-bond donors (Lipinski definition) is 2. The van der Waals surface area contributed by atoms with E-state index in [0.29, 0.717) is 6.42 Å². The lowest BCUT2D eigenvalue weighted by atomic mass is 10.3. The molecule has 0 aliphatic rings. The average Bonchev–Trinajstić information content (AvgIpc) is 2.26. The summed E-state index contributed by atoms with van der Waals surface area (Å²) in [5.74, 6) is -0.805. The molecule has 1 atom stereocenters. The molecular weight excluding hydrogens is 233 g/mol. The molecule has 0 fully saturated rings. The van der Waals surface area contributed by atoms with Crippen LogP contribution in [0.3, 0.4) is 0 Å². The van der Waals surface area contributed by atoms with Crippen LogP contribution in [0.4, 0.5) is 4.39 Å². The number of sulfonamides is 1. The minimum absolute atomic E-state index is 0.118. The van der Waals surface area contributed by atoms with Crippen LogP contribution in [0.5, 0.6) is 0 Å². The normalized spacial score (nSPS) is 13.7. The first-order chi connectivity index (χ1) is 7.47. The van der Waals surface area contributed by atoms with Crippen molar-refractivity contribution in [3.05, 3.63) is 30.1 Å². The van der Waals surface area contributed by atoms with E-state index in [2.05, 4.69) is 4.72 Å². The molecule has 0 radical (unpaired) electrons. The molecule has 6 heteroatoms. The highest BCUT2D eigenvalue weighted by atomic mass is 32.2. The monoisotopic (exact) mass is 247 g/mol. The molecule has 0 amide bonds. The van der Waals surface area contributed by atoms with Crippen molar-refractivity contribution in [2.75, 3.05) is 6.54 Å². The number of aliphatic hydroxyl groups excluding tert-OH is 1. The quantitative estimate of drug-likeness (QED) is 0.811. The molecule has 4 nitrogen and oxygen atoms in total. The van der Waals surface area contributed by atoms with Crippen LogP contribution < -0.4 is 4.72 Å². The van der Waals surface area contributed by atoms with E-state index in [1.165, 1.54) is 18.2 Å². The van der Waals surface area contributed by atoms with E-state index in [1.807, 2.05) is 0 Å². The largest absolute Gasteiger partial charge is 0.392 e. The van der Waals surface area contributed by atoms with Gasteiger partial charge in [0.15, 0.2) is 0 Å². The predicted molar refractivity (Wildman–Crippen MR) is 57.9 cm³/mol. The highest BCUT2D eigenvalue weighted by Crippen LogP contribution is 2.12. The summed E-state index contributed by atoms with van der Waals surface area (Å²) in [7, 11) is -3.88. The van der Waals surface area contributed by atoms with Crippen molar-refractivity contribution < 1.29 is 17.9 Å². The highest BCUT2D eigenvalue weighted by molar-refractivity contribution is 7.89. The van der Waals surface area contributed by atoms with E-state index in [9.17, 15) is 17.9 Å². The first-order valence-corrected chi connectivity index (χ1v) is 6.38. The van der Waals surface area contributed by atoms with Gasteiger partial charge in [0, 0.05) is 6.54 Å². The van der Waals surface area contributed by atoms with Gasteiger partial charge in [-0.25, -0.2) is 17.5 Å². The van der Waals surface area contributed by atoms with Gasteiger partial charge in [0.25, 0.3) is 0 Å². The van der Waals surface area contributed by atoms with E-state index < -0.39 is 26.8 Å². The topological polar surface area (TPSA) is 66.4 Å². The Hall–Kier alpha value is -0.980. The third-order valence-corrected chi connectivity index (χ3v) is 3.56. The van der Waals surface area contributed by atoms with E-state index >= 15 is 0 Å². The molecule has 0 heterocycles. The summed E-state index contributed by atoms with van der Waals surface area (Å²) >= 11 is 0. The van der Waals surface area contributed by atoms with Crippen molar-refractivity contribution in [2.24, 2.45) is 0 Å². The number of rotatable bonds is 5. The Balaban J connectivity index is 2.83. The van der Waals surface area contributed by atoms with Crippen molar-refractivity contribution in [3.63, 3.8) is 0 Å². The molecule has 0 aromatic heterocycles. The fourth-order valence-electron chi connectivity index (χ4n) is 1.09. The van der Waals surface area contributed by atoms with Gasteiger partial charge in [-0.2, -0.15) is 0 Å². The molecule has 16 heavy (non-hydrogen) atoms. The molecular formula is C10H14FNO3S. The van der Waals surface area contributed by atoms with Crippen molar-refractivity contribution in [1.82, 2.24) is 4.72 Å². The summed E-state index contributed by atoms with van der Waals surface area (Å²) in [4.78, 5) is -0.404. The number of halogens is 1. The second kappa shape index (κ2) is 5.38. The number of benzene rings is 1. The van der Waals surface area contributed by atoms with Gasteiger partial charge in [-0.3, -0.25) is 0 Å². The Labute approximate surface area is 94.2 Å². The summed E-state index contributed by atoms with van der Waals surface area (Å²) in [5, 5.41) is 9.22. The molecule has 2 N–H and O–H groups in total. The average molecular weight is 247 g/mol. The molecule has 0 saturated heterocycles. The molecule has 1 rings (SSSR count). The van der Waals surface area contributed by atoms with Crippen LogP contribution in [-0.4, -0.2) is 26.2 Å². The molecule has 90 valence electrons. The Morgan fingerprint density at radius 2 is 2.06 bits per heavy atom. The van der Waals surface area contributed by atoms with Crippen LogP contribution in [0.2, 0.25) is 0 Å². The minimum atomic E-state index is -3.88. The predicted octanol–water partition coefficient (Wildman–Crippen LogP) is 0.875. The summed E-state index contributed by atoms with van der Waals surface area (Å²) in [6, 6.07) is 5.10. The maximum Gasteiger partial charge on any atom is 0.243 e. The van der Waals surface area contributed by atoms with Gasteiger partial charge in [-0.05, 0) is 18.6 Å². The maximum absolute atomic E-state index is 13.2. The van der Waals surface area contributed by atoms with E-state index in [-0.39, 0.29) is 6.54 Å². The molecule has 0 aliphatic carbocycles. The molecule has 1 aromatic rings. The van der Waals surface area contributed by atoms with E-state index in [4.69, 9.17) is 0 Å². The van der Waals surface area contributed by atoms with Gasteiger partial charge in [0.1, 0.15) is 10.7 Å². The van der Waals surface area contributed by atoms with Crippen molar-refractivity contribution in [1.29, 1.82) is 0 Å². The van der Waals surface area contributed by atoms with Crippen molar-refractivity contribution >= 4 is 10.0 Å². The van der Waals surface area contributed by atoms with Gasteiger partial charge >= 0.3 is 0 Å². The zero-order valence-electron chi connectivity index (χ0n) is 8.85. The summed E-state index contributed by atoms with van der Waals surface area (Å²) < 4.78 is 38.6. The third-order valence-electron chi connectivity index (χ3n) is 2.11. The first kappa shape index (κ1) is 13.1. The first-order valence-electron chi connectivity index (χ1n) is 4.89. The fraction of sp³-hybridized carbons (Fsp3) is 0.400. The van der Waals surface area contributed by atoms with Crippen LogP contribution in [0.25, 0.3) is 0 Å². The molecule has 1 aromatic carbocycles. The number of hydrogen-bond acceptors (Lipinski definition) is 3. The Morgan fingerprint density at radius 3 is 2.62 bits per heavy atom. The van der Waals surface area contributed by atoms with Crippen molar-refractivity contribution in [3.8, 4) is 0 Å². The second-order valence-corrected chi connectivity index (χ2v) is 5.08. The highest BCUT2D eigenvalue weighted by Gasteiger charge is 2.18. The van der Waals surface area contributed by atoms with Gasteiger partial charge in [0.2, 0.25) is 10.0 Å². The standard InChI is InChI=1S/C10H14FNO3S/c1-2-8(13)7-12-16(14,15)10-6-4-3-5-9(10)11/h3-6,8,12-13H,2,7H2,1H3/t8-/m1/s1. The third kappa shape index (κ3) is 3.26. The van der Waals surface area contributed by atoms with Crippen LogP contribution in [-0.2, 0) is 10.0 Å². The van der Waals surface area contributed by atoms with Gasteiger partial charge in [0.05, 0.1) is 6.10 Å². The minimum Gasteiger partial charge on any atom is -0.392 e. The van der Waals surface area contributed by atoms with E-state index in [1.54, 1.807) is 6.92 Å². The number of nitrogens with one attached hydrogen (secondary N) is 1. The lowest BCUT2D eigenvalue weighted by Crippen LogP contribution is -2.32. The zero-order chi connectivity index (χ0) is 12.2.